The van der Waals surface area contributed by atoms with Crippen LogP contribution in [0.2, 0.25) is 0 Å². The third-order valence-electron chi connectivity index (χ3n) is 5.44. The van der Waals surface area contributed by atoms with E-state index in [-0.39, 0.29) is 12.1 Å². The van der Waals surface area contributed by atoms with Crippen LogP contribution in [0.15, 0.2) is 52.7 Å². The van der Waals surface area contributed by atoms with Gasteiger partial charge in [0.25, 0.3) is 11.8 Å². The average Bonchev–Trinajstić information content (AvgIpc) is 3.31. The van der Waals surface area contributed by atoms with Crippen molar-refractivity contribution in [2.45, 2.75) is 34.2 Å². The van der Waals surface area contributed by atoms with Gasteiger partial charge in [0.2, 0.25) is 0 Å². The van der Waals surface area contributed by atoms with Crippen LogP contribution < -0.4 is 5.32 Å². The lowest BCUT2D eigenvalue weighted by Crippen LogP contribution is -2.53. The highest BCUT2D eigenvalue weighted by Crippen LogP contribution is 2.26. The molecule has 0 bridgehead atoms. The van der Waals surface area contributed by atoms with Gasteiger partial charge in [-0.2, -0.15) is 0 Å². The highest BCUT2D eigenvalue weighted by molar-refractivity contribution is 6.31. The Kier molecular flexibility index (Phi) is 5.10. The van der Waals surface area contributed by atoms with Gasteiger partial charge in [-0.3, -0.25) is 19.8 Å². The van der Waals surface area contributed by atoms with E-state index in [4.69, 9.17) is 4.42 Å². The zero-order valence-corrected chi connectivity index (χ0v) is 17.9. The molecular formula is C24H23N3O4. The predicted octanol–water partition coefficient (Wildman–Crippen LogP) is 3.97. The van der Waals surface area contributed by atoms with Crippen LogP contribution in [0.4, 0.5) is 4.79 Å². The van der Waals surface area contributed by atoms with Crippen LogP contribution in [-0.2, 0) is 16.1 Å². The summed E-state index contributed by atoms with van der Waals surface area (Å²) < 4.78 is 7.33. The maximum absolute atomic E-state index is 13.0. The number of furan rings is 1. The average molecular weight is 417 g/mol. The first-order valence-corrected chi connectivity index (χ1v) is 9.94. The zero-order chi connectivity index (χ0) is 22.3. The molecule has 31 heavy (non-hydrogen) atoms. The number of rotatable bonds is 4. The fourth-order valence-electron chi connectivity index (χ4n) is 3.91. The standard InChI is InChI=1S/C24H23N3O4/c1-14-7-8-21(15(2)10-14)27-16(3)11-18(17(27)4)12-20-22(28)25-24(30)26(23(20)29)13-19-6-5-9-31-19/h5-12H,13H2,1-4H3,(H,25,28,30). The Morgan fingerprint density at radius 1 is 1.03 bits per heavy atom. The van der Waals surface area contributed by atoms with Gasteiger partial charge >= 0.3 is 6.03 Å². The number of urea groups is 1. The molecule has 4 amide bonds. The number of hydrogen-bond donors (Lipinski definition) is 1. The second-order valence-electron chi connectivity index (χ2n) is 7.74. The molecule has 0 saturated carbocycles. The van der Waals surface area contributed by atoms with Crippen molar-refractivity contribution >= 4 is 23.9 Å². The summed E-state index contributed by atoms with van der Waals surface area (Å²) in [5, 5.41) is 2.24. The van der Waals surface area contributed by atoms with Gasteiger partial charge in [-0.25, -0.2) is 4.79 Å². The quantitative estimate of drug-likeness (QED) is 0.514. The molecule has 0 radical (unpaired) electrons. The Morgan fingerprint density at radius 2 is 1.81 bits per heavy atom. The summed E-state index contributed by atoms with van der Waals surface area (Å²) in [5.74, 6) is -0.909. The second kappa shape index (κ2) is 7.75. The lowest BCUT2D eigenvalue weighted by molar-refractivity contribution is -0.130. The van der Waals surface area contributed by atoms with Crippen LogP contribution in [0.25, 0.3) is 11.8 Å². The number of imide groups is 2. The van der Waals surface area contributed by atoms with Crippen molar-refractivity contribution in [3.8, 4) is 5.69 Å². The van der Waals surface area contributed by atoms with Crippen LogP contribution in [0, 0.1) is 27.7 Å². The van der Waals surface area contributed by atoms with Gasteiger partial charge < -0.3 is 8.98 Å². The molecule has 7 heteroatoms. The highest BCUT2D eigenvalue weighted by atomic mass is 16.3. The maximum Gasteiger partial charge on any atom is 0.331 e. The third kappa shape index (κ3) is 3.70. The van der Waals surface area contributed by atoms with E-state index in [1.54, 1.807) is 18.2 Å². The predicted molar refractivity (Wildman–Crippen MR) is 115 cm³/mol. The van der Waals surface area contributed by atoms with Gasteiger partial charge in [0.1, 0.15) is 11.3 Å². The van der Waals surface area contributed by atoms with E-state index in [0.717, 1.165) is 33.1 Å². The Balaban J connectivity index is 1.73. The molecule has 0 spiro atoms. The molecule has 0 atom stereocenters. The molecule has 3 heterocycles. The molecule has 1 aliphatic rings. The number of aromatic nitrogens is 1. The normalized spacial score (nSPS) is 15.7. The molecule has 0 aliphatic carbocycles. The van der Waals surface area contributed by atoms with Gasteiger partial charge in [0.05, 0.1) is 12.8 Å². The minimum absolute atomic E-state index is 0.0517. The summed E-state index contributed by atoms with van der Waals surface area (Å²) in [6.45, 7) is 7.96. The number of benzene rings is 1. The Hall–Kier alpha value is -3.87. The van der Waals surface area contributed by atoms with Crippen LogP contribution in [0.5, 0.6) is 0 Å². The fraction of sp³-hybridized carbons (Fsp3) is 0.208. The topological polar surface area (TPSA) is 84.6 Å². The van der Waals surface area contributed by atoms with E-state index < -0.39 is 17.8 Å². The first-order chi connectivity index (χ1) is 14.8. The molecule has 0 unspecified atom stereocenters. The van der Waals surface area contributed by atoms with Gasteiger partial charge in [-0.05, 0) is 69.2 Å². The fourth-order valence-corrected chi connectivity index (χ4v) is 3.91. The zero-order valence-electron chi connectivity index (χ0n) is 17.9. The van der Waals surface area contributed by atoms with Crippen LogP contribution in [0.1, 0.15) is 33.8 Å². The summed E-state index contributed by atoms with van der Waals surface area (Å²) >= 11 is 0. The van der Waals surface area contributed by atoms with Crippen molar-refractivity contribution in [3.63, 3.8) is 0 Å². The van der Waals surface area contributed by atoms with Gasteiger partial charge in [-0.1, -0.05) is 17.7 Å². The number of nitrogens with one attached hydrogen (secondary N) is 1. The number of carbonyl (C=O) groups excluding carboxylic acids is 3. The van der Waals surface area contributed by atoms with Gasteiger partial charge in [0.15, 0.2) is 0 Å². The Bertz CT molecular complexity index is 1230. The van der Waals surface area contributed by atoms with Gasteiger partial charge in [0, 0.05) is 17.1 Å². The highest BCUT2D eigenvalue weighted by Gasteiger charge is 2.36. The lowest BCUT2D eigenvalue weighted by atomic mass is 10.1. The van der Waals surface area contributed by atoms with Crippen molar-refractivity contribution in [2.75, 3.05) is 0 Å². The molecule has 2 aromatic heterocycles. The first-order valence-electron chi connectivity index (χ1n) is 9.94. The van der Waals surface area contributed by atoms with E-state index in [1.807, 2.05) is 26.8 Å². The number of carbonyl (C=O) groups is 3. The molecule has 7 nitrogen and oxygen atoms in total. The van der Waals surface area contributed by atoms with Crippen molar-refractivity contribution in [2.24, 2.45) is 0 Å². The van der Waals surface area contributed by atoms with Crippen LogP contribution in [0.3, 0.4) is 0 Å². The number of barbiturate groups is 1. The van der Waals surface area contributed by atoms with Gasteiger partial charge in [-0.15, -0.1) is 0 Å². The summed E-state index contributed by atoms with van der Waals surface area (Å²) in [7, 11) is 0. The van der Waals surface area contributed by atoms with E-state index in [2.05, 4.69) is 35.0 Å². The summed E-state index contributed by atoms with van der Waals surface area (Å²) in [6.07, 6.45) is 3.01. The molecule has 3 aromatic rings. The van der Waals surface area contributed by atoms with Crippen LogP contribution in [-0.4, -0.2) is 27.3 Å². The molecule has 158 valence electrons. The minimum Gasteiger partial charge on any atom is -0.467 e. The van der Waals surface area contributed by atoms with Crippen molar-refractivity contribution in [1.82, 2.24) is 14.8 Å². The first kappa shape index (κ1) is 20.4. The molecule has 4 rings (SSSR count). The molecule has 1 saturated heterocycles. The number of aryl methyl sites for hydroxylation is 3. The molecule has 1 fully saturated rings. The number of nitrogens with zero attached hydrogens (tertiary/aromatic N) is 2. The van der Waals surface area contributed by atoms with Crippen molar-refractivity contribution < 1.29 is 18.8 Å². The SMILES string of the molecule is Cc1ccc(-n2c(C)cc(C=C3C(=O)NC(=O)N(Cc4ccco4)C3=O)c2C)c(C)c1. The smallest absolute Gasteiger partial charge is 0.331 e. The van der Waals surface area contributed by atoms with Crippen molar-refractivity contribution in [1.29, 1.82) is 0 Å². The molecule has 1 aliphatic heterocycles. The third-order valence-corrected chi connectivity index (χ3v) is 5.44. The lowest BCUT2D eigenvalue weighted by Gasteiger charge is -2.25. The number of hydrogen-bond acceptors (Lipinski definition) is 4. The van der Waals surface area contributed by atoms with Crippen molar-refractivity contribution in [3.05, 3.63) is 82.1 Å². The minimum atomic E-state index is -0.760. The van der Waals surface area contributed by atoms with E-state index in [0.29, 0.717) is 5.76 Å². The number of amides is 4. The van der Waals surface area contributed by atoms with E-state index in [1.165, 1.54) is 11.8 Å². The molecule has 1 aromatic carbocycles. The second-order valence-corrected chi connectivity index (χ2v) is 7.74. The molecule has 1 N–H and O–H groups in total. The monoisotopic (exact) mass is 417 g/mol. The Labute approximate surface area is 180 Å². The largest absolute Gasteiger partial charge is 0.467 e. The van der Waals surface area contributed by atoms with Crippen LogP contribution >= 0.6 is 0 Å². The van der Waals surface area contributed by atoms with E-state index in [9.17, 15) is 14.4 Å². The molecular weight excluding hydrogens is 394 g/mol. The maximum atomic E-state index is 13.0. The van der Waals surface area contributed by atoms with E-state index >= 15 is 0 Å². The summed E-state index contributed by atoms with van der Waals surface area (Å²) in [5.41, 5.74) is 5.87. The Morgan fingerprint density at radius 3 is 2.48 bits per heavy atom. The summed E-state index contributed by atoms with van der Waals surface area (Å²) in [4.78, 5) is 38.6. The summed E-state index contributed by atoms with van der Waals surface area (Å²) in [6, 6.07) is 10.7.